The Balaban J connectivity index is 1.94. The lowest BCUT2D eigenvalue weighted by molar-refractivity contribution is 0.567. The summed E-state index contributed by atoms with van der Waals surface area (Å²) in [7, 11) is 0. The highest BCUT2D eigenvalue weighted by molar-refractivity contribution is 7.99. The van der Waals surface area contributed by atoms with E-state index >= 15 is 0 Å². The van der Waals surface area contributed by atoms with Crippen LogP contribution in [-0.2, 0) is 0 Å². The standard InChI is InChI=1S/C16H23FN2S/c17-14-9-6-10-15(11-14)20-12-16(19-18)13-7-4-2-1-3-5-8-13/h6-7,9-11,16,19H,1-5,8,12,18H2/b13-7+. The van der Waals surface area contributed by atoms with Gasteiger partial charge in [0, 0.05) is 10.6 Å². The van der Waals surface area contributed by atoms with Crippen LogP contribution in [0.5, 0.6) is 0 Å². The van der Waals surface area contributed by atoms with E-state index in [9.17, 15) is 4.39 Å². The Bertz CT molecular complexity index is 448. The molecule has 20 heavy (non-hydrogen) atoms. The Morgan fingerprint density at radius 2 is 2.10 bits per heavy atom. The van der Waals surface area contributed by atoms with E-state index in [-0.39, 0.29) is 11.9 Å². The summed E-state index contributed by atoms with van der Waals surface area (Å²) in [6, 6.07) is 6.91. The van der Waals surface area contributed by atoms with Crippen molar-refractivity contribution in [2.24, 2.45) is 5.84 Å². The van der Waals surface area contributed by atoms with E-state index in [1.807, 2.05) is 6.07 Å². The van der Waals surface area contributed by atoms with Gasteiger partial charge in [-0.3, -0.25) is 11.3 Å². The van der Waals surface area contributed by atoms with Gasteiger partial charge in [-0.15, -0.1) is 11.8 Å². The second kappa shape index (κ2) is 8.45. The number of hydrogen-bond donors (Lipinski definition) is 2. The van der Waals surface area contributed by atoms with Crippen molar-refractivity contribution in [3.05, 3.63) is 41.7 Å². The summed E-state index contributed by atoms with van der Waals surface area (Å²) in [6.07, 6.45) is 9.78. The van der Waals surface area contributed by atoms with Crippen molar-refractivity contribution >= 4 is 11.8 Å². The second-order valence-corrected chi connectivity index (χ2v) is 6.31. The lowest BCUT2D eigenvalue weighted by Crippen LogP contribution is -2.38. The molecule has 0 aliphatic heterocycles. The summed E-state index contributed by atoms with van der Waals surface area (Å²) in [5, 5.41) is 0. The maximum absolute atomic E-state index is 13.2. The average molecular weight is 294 g/mol. The third-order valence-corrected chi connectivity index (χ3v) is 4.77. The van der Waals surface area contributed by atoms with E-state index in [4.69, 9.17) is 5.84 Å². The van der Waals surface area contributed by atoms with Gasteiger partial charge in [-0.2, -0.15) is 0 Å². The third-order valence-electron chi connectivity index (χ3n) is 3.69. The number of nitrogens with two attached hydrogens (primary N) is 1. The fourth-order valence-corrected chi connectivity index (χ4v) is 3.57. The van der Waals surface area contributed by atoms with E-state index in [1.54, 1.807) is 23.9 Å². The summed E-state index contributed by atoms with van der Waals surface area (Å²) < 4.78 is 13.2. The molecule has 0 saturated heterocycles. The van der Waals surface area contributed by atoms with E-state index < -0.39 is 0 Å². The lowest BCUT2D eigenvalue weighted by atomic mass is 9.96. The molecule has 1 aliphatic carbocycles. The highest BCUT2D eigenvalue weighted by atomic mass is 32.2. The van der Waals surface area contributed by atoms with E-state index in [1.165, 1.54) is 37.3 Å². The van der Waals surface area contributed by atoms with Crippen LogP contribution in [0.15, 0.2) is 40.8 Å². The van der Waals surface area contributed by atoms with Gasteiger partial charge in [-0.1, -0.05) is 30.6 Å². The predicted molar refractivity (Wildman–Crippen MR) is 84.0 cm³/mol. The molecule has 0 fully saturated rings. The minimum Gasteiger partial charge on any atom is -0.271 e. The minimum atomic E-state index is -0.183. The van der Waals surface area contributed by atoms with Crippen LogP contribution < -0.4 is 11.3 Å². The highest BCUT2D eigenvalue weighted by Gasteiger charge is 2.14. The van der Waals surface area contributed by atoms with Crippen LogP contribution in [0.1, 0.15) is 38.5 Å². The Kier molecular flexibility index (Phi) is 6.57. The van der Waals surface area contributed by atoms with Crippen molar-refractivity contribution < 1.29 is 4.39 Å². The first-order valence-electron chi connectivity index (χ1n) is 7.33. The molecule has 2 rings (SSSR count). The fourth-order valence-electron chi connectivity index (χ4n) is 2.53. The van der Waals surface area contributed by atoms with Crippen LogP contribution in [0.4, 0.5) is 4.39 Å². The molecule has 0 spiro atoms. The fraction of sp³-hybridized carbons (Fsp3) is 0.500. The summed E-state index contributed by atoms with van der Waals surface area (Å²) in [5.74, 6) is 6.37. The molecule has 0 saturated carbocycles. The number of thioether (sulfide) groups is 1. The van der Waals surface area contributed by atoms with Crippen molar-refractivity contribution in [1.29, 1.82) is 0 Å². The topological polar surface area (TPSA) is 38.0 Å². The van der Waals surface area contributed by atoms with Gasteiger partial charge in [0.1, 0.15) is 5.82 Å². The molecular weight excluding hydrogens is 271 g/mol. The summed E-state index contributed by atoms with van der Waals surface area (Å²) in [4.78, 5) is 0.955. The molecule has 1 aliphatic rings. The molecule has 1 atom stereocenters. The Morgan fingerprint density at radius 3 is 2.90 bits per heavy atom. The molecule has 3 N–H and O–H groups in total. The summed E-state index contributed by atoms with van der Waals surface area (Å²) in [6.45, 7) is 0. The largest absolute Gasteiger partial charge is 0.271 e. The van der Waals surface area contributed by atoms with Crippen LogP contribution in [0, 0.1) is 5.82 Å². The molecule has 0 amide bonds. The first-order chi connectivity index (χ1) is 9.79. The second-order valence-electron chi connectivity index (χ2n) is 5.22. The van der Waals surface area contributed by atoms with Crippen LogP contribution >= 0.6 is 11.8 Å². The van der Waals surface area contributed by atoms with E-state index in [2.05, 4.69) is 11.5 Å². The van der Waals surface area contributed by atoms with Crippen molar-refractivity contribution in [3.8, 4) is 0 Å². The molecule has 1 unspecified atom stereocenters. The van der Waals surface area contributed by atoms with Crippen LogP contribution in [0.3, 0.4) is 0 Å². The third kappa shape index (κ3) is 4.93. The van der Waals surface area contributed by atoms with Gasteiger partial charge in [-0.25, -0.2) is 4.39 Å². The predicted octanol–water partition coefficient (Wildman–Crippen LogP) is 4.03. The van der Waals surface area contributed by atoms with Crippen molar-refractivity contribution in [1.82, 2.24) is 5.43 Å². The minimum absolute atomic E-state index is 0.182. The van der Waals surface area contributed by atoms with Gasteiger partial charge >= 0.3 is 0 Å². The Labute approximate surface area is 125 Å². The van der Waals surface area contributed by atoms with Gasteiger partial charge in [-0.05, 0) is 43.9 Å². The van der Waals surface area contributed by atoms with Gasteiger partial charge in [0.05, 0.1) is 6.04 Å². The smallest absolute Gasteiger partial charge is 0.124 e. The number of benzene rings is 1. The molecule has 2 nitrogen and oxygen atoms in total. The molecule has 0 heterocycles. The molecule has 0 radical (unpaired) electrons. The molecule has 0 aromatic heterocycles. The first-order valence-corrected chi connectivity index (χ1v) is 8.31. The van der Waals surface area contributed by atoms with Crippen LogP contribution in [-0.4, -0.2) is 11.8 Å². The SMILES string of the molecule is NNC(CSc1cccc(F)c1)/C1=C/CCCCCC1. The van der Waals surface area contributed by atoms with Crippen LogP contribution in [0.2, 0.25) is 0 Å². The van der Waals surface area contributed by atoms with Crippen LogP contribution in [0.25, 0.3) is 0 Å². The average Bonchev–Trinajstić information content (AvgIpc) is 2.41. The quantitative estimate of drug-likeness (QED) is 0.373. The van der Waals surface area contributed by atoms with E-state index in [0.29, 0.717) is 0 Å². The van der Waals surface area contributed by atoms with Gasteiger partial charge in [0.25, 0.3) is 0 Å². The molecular formula is C16H23FN2S. The first kappa shape index (κ1) is 15.5. The number of hydrogen-bond acceptors (Lipinski definition) is 3. The maximum Gasteiger partial charge on any atom is 0.124 e. The van der Waals surface area contributed by atoms with Crippen molar-refractivity contribution in [2.45, 2.75) is 49.5 Å². The zero-order valence-electron chi connectivity index (χ0n) is 11.8. The Hall–Kier alpha value is -0.840. The Morgan fingerprint density at radius 1 is 1.25 bits per heavy atom. The summed E-state index contributed by atoms with van der Waals surface area (Å²) in [5.41, 5.74) is 4.34. The van der Waals surface area contributed by atoms with Gasteiger partial charge < -0.3 is 0 Å². The lowest BCUT2D eigenvalue weighted by Gasteiger charge is -2.21. The van der Waals surface area contributed by atoms with E-state index in [0.717, 1.165) is 23.5 Å². The van der Waals surface area contributed by atoms with Crippen molar-refractivity contribution in [2.75, 3.05) is 5.75 Å². The molecule has 1 aromatic rings. The zero-order chi connectivity index (χ0) is 14.2. The zero-order valence-corrected chi connectivity index (χ0v) is 12.6. The molecule has 1 aromatic carbocycles. The van der Waals surface area contributed by atoms with Gasteiger partial charge in [0.2, 0.25) is 0 Å². The normalized spacial score (nSPS) is 20.6. The number of nitrogens with one attached hydrogen (secondary N) is 1. The number of halogens is 1. The monoisotopic (exact) mass is 294 g/mol. The maximum atomic E-state index is 13.2. The summed E-state index contributed by atoms with van der Waals surface area (Å²) >= 11 is 1.65. The van der Waals surface area contributed by atoms with Gasteiger partial charge in [0.15, 0.2) is 0 Å². The van der Waals surface area contributed by atoms with Crippen molar-refractivity contribution in [3.63, 3.8) is 0 Å². The molecule has 4 heteroatoms. The highest BCUT2D eigenvalue weighted by Crippen LogP contribution is 2.25. The molecule has 0 bridgehead atoms. The molecule has 110 valence electrons. The number of rotatable bonds is 5. The number of allylic oxidation sites excluding steroid dienone is 1. The number of hydrazine groups is 1.